The first-order valence-corrected chi connectivity index (χ1v) is 10.1. The Bertz CT molecular complexity index is 1090. The molecule has 150 valence electrons. The number of fused-ring (bicyclic) bond motifs is 1. The van der Waals surface area contributed by atoms with Crippen LogP contribution in [0.3, 0.4) is 0 Å². The summed E-state index contributed by atoms with van der Waals surface area (Å²) >= 11 is 0. The highest BCUT2D eigenvalue weighted by molar-refractivity contribution is 6.11. The van der Waals surface area contributed by atoms with Gasteiger partial charge in [-0.05, 0) is 49.1 Å². The molecule has 1 aliphatic heterocycles. The Morgan fingerprint density at radius 1 is 1.14 bits per heavy atom. The van der Waals surface area contributed by atoms with Crippen LogP contribution in [0.2, 0.25) is 0 Å². The van der Waals surface area contributed by atoms with E-state index in [0.717, 1.165) is 25.6 Å². The number of carbonyl (C=O) groups is 1. The second kappa shape index (κ2) is 8.17. The van der Waals surface area contributed by atoms with Gasteiger partial charge in [-0.25, -0.2) is 4.68 Å². The maximum Gasteiger partial charge on any atom is 0.276 e. The maximum atomic E-state index is 12.8. The van der Waals surface area contributed by atoms with Crippen LogP contribution in [0.15, 0.2) is 53.3 Å². The average molecular weight is 390 g/mol. The van der Waals surface area contributed by atoms with Crippen molar-refractivity contribution < 1.29 is 4.79 Å². The van der Waals surface area contributed by atoms with Crippen molar-refractivity contribution >= 4 is 22.4 Å². The van der Waals surface area contributed by atoms with Crippen molar-refractivity contribution in [1.29, 1.82) is 0 Å². The number of rotatable bonds is 4. The normalized spacial score (nSPS) is 17.4. The van der Waals surface area contributed by atoms with Gasteiger partial charge in [-0.1, -0.05) is 37.3 Å². The molecule has 2 heterocycles. The smallest absolute Gasteiger partial charge is 0.276 e. The predicted octanol–water partition coefficient (Wildman–Crippen LogP) is 3.42. The van der Waals surface area contributed by atoms with Crippen LogP contribution >= 0.6 is 0 Å². The summed E-state index contributed by atoms with van der Waals surface area (Å²) in [5.41, 5.74) is 1.98. The molecule has 2 aromatic carbocycles. The highest BCUT2D eigenvalue weighted by atomic mass is 16.2. The van der Waals surface area contributed by atoms with Gasteiger partial charge in [0.2, 0.25) is 0 Å². The minimum Gasteiger partial charge on any atom is -0.321 e. The van der Waals surface area contributed by atoms with E-state index in [1.165, 1.54) is 23.1 Å². The number of anilines is 1. The third kappa shape index (κ3) is 4.22. The molecule has 0 radical (unpaired) electrons. The number of nitrogens with one attached hydrogen (secondary N) is 1. The minimum absolute atomic E-state index is 0.214. The number of hydrogen-bond acceptors (Lipinski definition) is 4. The average Bonchev–Trinajstić information content (AvgIpc) is 2.72. The van der Waals surface area contributed by atoms with E-state index in [4.69, 9.17) is 0 Å². The molecule has 0 saturated carbocycles. The number of benzene rings is 2. The number of aromatic nitrogens is 2. The summed E-state index contributed by atoms with van der Waals surface area (Å²) in [6, 6.07) is 15.0. The van der Waals surface area contributed by atoms with Gasteiger partial charge < -0.3 is 5.32 Å². The predicted molar refractivity (Wildman–Crippen MR) is 115 cm³/mol. The number of amides is 1. The van der Waals surface area contributed by atoms with Gasteiger partial charge in [-0.15, -0.1) is 0 Å². The fourth-order valence-corrected chi connectivity index (χ4v) is 4.04. The molecule has 29 heavy (non-hydrogen) atoms. The van der Waals surface area contributed by atoms with Crippen LogP contribution in [0.4, 0.5) is 5.69 Å². The number of hydrogen-bond donors (Lipinski definition) is 1. The van der Waals surface area contributed by atoms with Gasteiger partial charge in [0.1, 0.15) is 0 Å². The van der Waals surface area contributed by atoms with Gasteiger partial charge in [0.05, 0.1) is 5.39 Å². The largest absolute Gasteiger partial charge is 0.321 e. The summed E-state index contributed by atoms with van der Waals surface area (Å²) < 4.78 is 1.21. The van der Waals surface area contributed by atoms with E-state index in [9.17, 15) is 9.59 Å². The van der Waals surface area contributed by atoms with Crippen LogP contribution < -0.4 is 10.9 Å². The van der Waals surface area contributed by atoms with Gasteiger partial charge in [0.15, 0.2) is 5.69 Å². The molecule has 1 amide bonds. The number of likely N-dealkylation sites (tertiary alicyclic amines) is 1. The van der Waals surface area contributed by atoms with Crippen molar-refractivity contribution in [1.82, 2.24) is 14.7 Å². The fraction of sp³-hybridized carbons (Fsp3) is 0.348. The third-order valence-electron chi connectivity index (χ3n) is 5.53. The van der Waals surface area contributed by atoms with E-state index >= 15 is 0 Å². The van der Waals surface area contributed by atoms with E-state index in [0.29, 0.717) is 16.5 Å². The molecule has 1 fully saturated rings. The zero-order chi connectivity index (χ0) is 20.4. The summed E-state index contributed by atoms with van der Waals surface area (Å²) in [5, 5.41) is 8.14. The molecule has 6 heteroatoms. The lowest BCUT2D eigenvalue weighted by atomic mass is 10.00. The molecule has 1 atom stereocenters. The van der Waals surface area contributed by atoms with Gasteiger partial charge >= 0.3 is 0 Å². The number of carbonyl (C=O) groups excluding carboxylic acids is 1. The lowest BCUT2D eigenvalue weighted by Gasteiger charge is -2.30. The highest BCUT2D eigenvalue weighted by Crippen LogP contribution is 2.20. The van der Waals surface area contributed by atoms with Crippen molar-refractivity contribution in [3.8, 4) is 0 Å². The maximum absolute atomic E-state index is 12.8. The summed E-state index contributed by atoms with van der Waals surface area (Å²) in [7, 11) is 1.56. The summed E-state index contributed by atoms with van der Waals surface area (Å²) in [5.74, 6) is 0.431. The van der Waals surface area contributed by atoms with Crippen LogP contribution in [-0.4, -0.2) is 33.7 Å². The van der Waals surface area contributed by atoms with Crippen molar-refractivity contribution in [3.05, 3.63) is 70.1 Å². The van der Waals surface area contributed by atoms with Crippen molar-refractivity contribution in [3.63, 3.8) is 0 Å². The molecule has 1 aliphatic rings. The second-order valence-electron chi connectivity index (χ2n) is 7.96. The van der Waals surface area contributed by atoms with E-state index in [1.54, 1.807) is 31.3 Å². The van der Waals surface area contributed by atoms with Crippen molar-refractivity contribution in [2.45, 2.75) is 26.3 Å². The van der Waals surface area contributed by atoms with Gasteiger partial charge in [0, 0.05) is 31.2 Å². The lowest BCUT2D eigenvalue weighted by Crippen LogP contribution is -2.33. The Morgan fingerprint density at radius 2 is 1.86 bits per heavy atom. The Labute approximate surface area is 170 Å². The van der Waals surface area contributed by atoms with Gasteiger partial charge in [-0.3, -0.25) is 14.5 Å². The fourth-order valence-electron chi connectivity index (χ4n) is 4.04. The van der Waals surface area contributed by atoms with Crippen LogP contribution in [-0.2, 0) is 13.6 Å². The Morgan fingerprint density at radius 3 is 2.59 bits per heavy atom. The first-order valence-electron chi connectivity index (χ1n) is 10.1. The van der Waals surface area contributed by atoms with Crippen LogP contribution in [0, 0.1) is 5.92 Å². The molecule has 1 N–H and O–H groups in total. The molecule has 0 bridgehead atoms. The monoisotopic (exact) mass is 390 g/mol. The Balaban J connectivity index is 1.50. The summed E-state index contributed by atoms with van der Waals surface area (Å²) in [6.45, 7) is 5.53. The Hall–Kier alpha value is -2.99. The molecule has 4 rings (SSSR count). The second-order valence-corrected chi connectivity index (χ2v) is 7.96. The van der Waals surface area contributed by atoms with Crippen molar-refractivity contribution in [2.24, 2.45) is 13.0 Å². The zero-order valence-electron chi connectivity index (χ0n) is 16.9. The van der Waals surface area contributed by atoms with Crippen LogP contribution in [0.25, 0.3) is 10.8 Å². The molecule has 1 unspecified atom stereocenters. The molecule has 1 saturated heterocycles. The quantitative estimate of drug-likeness (QED) is 0.741. The molecular formula is C23H26N4O2. The SMILES string of the molecule is CC1CCCN(Cc2ccc(NC(=O)c3nn(C)c(=O)c4ccccc34)cc2)C1. The van der Waals surface area contributed by atoms with E-state index < -0.39 is 0 Å². The van der Waals surface area contributed by atoms with E-state index in [2.05, 4.69) is 34.4 Å². The van der Waals surface area contributed by atoms with Gasteiger partial charge in [-0.2, -0.15) is 5.10 Å². The zero-order valence-corrected chi connectivity index (χ0v) is 16.9. The molecule has 0 aliphatic carbocycles. The standard InChI is InChI=1S/C23H26N4O2/c1-16-6-5-13-27(14-16)15-17-9-11-18(12-10-17)24-22(28)21-19-7-3-4-8-20(19)23(29)26(2)25-21/h3-4,7-12,16H,5-6,13-15H2,1-2H3,(H,24,28). The molecular weight excluding hydrogens is 364 g/mol. The number of aryl methyl sites for hydroxylation is 1. The molecule has 6 nitrogen and oxygen atoms in total. The van der Waals surface area contributed by atoms with E-state index in [1.807, 2.05) is 12.1 Å². The van der Waals surface area contributed by atoms with Crippen LogP contribution in [0.1, 0.15) is 35.8 Å². The number of nitrogens with zero attached hydrogens (tertiary/aromatic N) is 3. The topological polar surface area (TPSA) is 67.2 Å². The van der Waals surface area contributed by atoms with Gasteiger partial charge in [0.25, 0.3) is 11.5 Å². The Kier molecular flexibility index (Phi) is 5.45. The minimum atomic E-state index is -0.325. The first-order chi connectivity index (χ1) is 14.0. The lowest BCUT2D eigenvalue weighted by molar-refractivity contribution is 0.102. The third-order valence-corrected chi connectivity index (χ3v) is 5.53. The summed E-state index contributed by atoms with van der Waals surface area (Å²) in [6.07, 6.45) is 2.57. The van der Waals surface area contributed by atoms with Crippen molar-refractivity contribution in [2.75, 3.05) is 18.4 Å². The first kappa shape index (κ1) is 19.3. The van der Waals surface area contributed by atoms with Crippen LogP contribution in [0.5, 0.6) is 0 Å². The highest BCUT2D eigenvalue weighted by Gasteiger charge is 2.17. The molecule has 1 aromatic heterocycles. The molecule has 3 aromatic rings. The summed E-state index contributed by atoms with van der Waals surface area (Å²) in [4.78, 5) is 27.6. The number of piperidine rings is 1. The molecule has 0 spiro atoms. The van der Waals surface area contributed by atoms with E-state index in [-0.39, 0.29) is 17.2 Å².